The smallest absolute Gasteiger partial charge is 0.309 e. The van der Waals surface area contributed by atoms with Gasteiger partial charge in [0.2, 0.25) is 5.78 Å². The fourth-order valence-electron chi connectivity index (χ4n) is 8.31. The molecule has 0 aromatic heterocycles. The van der Waals surface area contributed by atoms with Gasteiger partial charge in [0.25, 0.3) is 0 Å². The van der Waals surface area contributed by atoms with Crippen LogP contribution in [0.2, 0.25) is 0 Å². The zero-order chi connectivity index (χ0) is 25.2. The summed E-state index contributed by atoms with van der Waals surface area (Å²) in [6.45, 7) is 2.51. The molecule has 4 fully saturated rings. The predicted molar refractivity (Wildman–Crippen MR) is 128 cm³/mol. The molecule has 7 heteroatoms. The van der Waals surface area contributed by atoms with Gasteiger partial charge in [0.1, 0.15) is 4.87 Å². The van der Waals surface area contributed by atoms with E-state index >= 15 is 0 Å². The maximum atomic E-state index is 14.0. The molecule has 0 saturated heterocycles. The third-order valence-corrected chi connectivity index (χ3v) is 11.2. The van der Waals surface area contributed by atoms with Gasteiger partial charge < -0.3 is 4.74 Å². The molecule has 190 valence electrons. The molecule has 4 saturated carbocycles. The van der Waals surface area contributed by atoms with Gasteiger partial charge in [-0.15, -0.1) is 11.6 Å². The molecular formula is C28H34ClFO5. The van der Waals surface area contributed by atoms with E-state index in [1.165, 1.54) is 6.08 Å². The third-order valence-electron chi connectivity index (χ3n) is 10.3. The van der Waals surface area contributed by atoms with Crippen LogP contribution >= 0.6 is 11.6 Å². The maximum Gasteiger partial charge on any atom is 0.309 e. The third kappa shape index (κ3) is 3.24. The fraction of sp³-hybridized carbons (Fsp3) is 0.714. The molecule has 0 radical (unpaired) electrons. The number of carbonyl (C=O) groups is 4. The maximum absolute atomic E-state index is 14.0. The Hall–Kier alpha value is -1.82. The molecule has 0 aliphatic heterocycles. The summed E-state index contributed by atoms with van der Waals surface area (Å²) in [5.41, 5.74) is -2.62. The highest BCUT2D eigenvalue weighted by atomic mass is 35.5. The lowest BCUT2D eigenvalue weighted by Gasteiger charge is -2.61. The largest absolute Gasteiger partial charge is 0.450 e. The molecule has 0 heterocycles. The Morgan fingerprint density at radius 3 is 2.49 bits per heavy atom. The second-order valence-electron chi connectivity index (χ2n) is 11.8. The van der Waals surface area contributed by atoms with Crippen molar-refractivity contribution in [3.05, 3.63) is 23.8 Å². The molecule has 5 nitrogen and oxygen atoms in total. The number of fused-ring (bicyclic) bond motifs is 5. The van der Waals surface area contributed by atoms with E-state index in [2.05, 4.69) is 0 Å². The average Bonchev–Trinajstić information content (AvgIpc) is 3.13. The Bertz CT molecular complexity index is 1040. The van der Waals surface area contributed by atoms with Crippen LogP contribution in [0.1, 0.15) is 78.1 Å². The van der Waals surface area contributed by atoms with E-state index in [4.69, 9.17) is 16.3 Å². The Balaban J connectivity index is 1.54. The highest BCUT2D eigenvalue weighted by Crippen LogP contribution is 2.70. The van der Waals surface area contributed by atoms with Crippen LogP contribution in [0.15, 0.2) is 23.8 Å². The number of rotatable bonds is 4. The number of alkyl halides is 2. The van der Waals surface area contributed by atoms with Crippen molar-refractivity contribution >= 4 is 34.9 Å². The van der Waals surface area contributed by atoms with Crippen LogP contribution in [-0.2, 0) is 23.9 Å². The first-order valence-corrected chi connectivity index (χ1v) is 13.4. The molecule has 0 spiro atoms. The molecule has 5 aliphatic carbocycles. The predicted octanol–water partition coefficient (Wildman–Crippen LogP) is 5.24. The summed E-state index contributed by atoms with van der Waals surface area (Å²) in [4.78, 5) is 51.3. The lowest BCUT2D eigenvalue weighted by Crippen LogP contribution is -2.67. The fourth-order valence-corrected chi connectivity index (χ4v) is 8.82. The first kappa shape index (κ1) is 24.9. The zero-order valence-electron chi connectivity index (χ0n) is 20.5. The lowest BCUT2D eigenvalue weighted by atomic mass is 9.46. The quantitative estimate of drug-likeness (QED) is 0.386. The van der Waals surface area contributed by atoms with Crippen LogP contribution < -0.4 is 0 Å². The van der Waals surface area contributed by atoms with Gasteiger partial charge in [-0.1, -0.05) is 44.8 Å². The summed E-state index contributed by atoms with van der Waals surface area (Å²) in [7, 11) is 0. The number of carbonyl (C=O) groups excluding carboxylic acids is 4. The minimum atomic E-state index is -1.65. The Labute approximate surface area is 210 Å². The Morgan fingerprint density at radius 2 is 1.80 bits per heavy atom. The van der Waals surface area contributed by atoms with Gasteiger partial charge in [0.15, 0.2) is 23.8 Å². The van der Waals surface area contributed by atoms with Crippen LogP contribution in [0, 0.1) is 28.6 Å². The standard InChI is InChI=1S/C28H34ClFO5/c1-25-12-10-19(31)14-18(25)8-9-21-20-11-13-27(23(33)16-30,26(20,2)15-22(32)28(21,25)29)35-24(34)17-6-4-3-5-7-17/h10,12,14,17,20-21H,3-9,11,13,15-16H2,1-2H3/t20-,21-,25-,26-,27-,28-/m0/s1. The van der Waals surface area contributed by atoms with Crippen molar-refractivity contribution in [1.29, 1.82) is 0 Å². The van der Waals surface area contributed by atoms with Crippen LogP contribution in [0.5, 0.6) is 0 Å². The number of ether oxygens (including phenoxy) is 1. The van der Waals surface area contributed by atoms with E-state index in [9.17, 15) is 23.6 Å². The van der Waals surface area contributed by atoms with Gasteiger partial charge in [-0.2, -0.15) is 0 Å². The summed E-state index contributed by atoms with van der Waals surface area (Å²) in [5, 5.41) is 0. The molecule has 0 aromatic carbocycles. The Morgan fingerprint density at radius 1 is 1.09 bits per heavy atom. The van der Waals surface area contributed by atoms with E-state index in [1.807, 2.05) is 13.8 Å². The first-order chi connectivity index (χ1) is 16.5. The highest BCUT2D eigenvalue weighted by molar-refractivity contribution is 6.37. The van der Waals surface area contributed by atoms with Gasteiger partial charge in [-0.25, -0.2) is 4.39 Å². The van der Waals surface area contributed by atoms with E-state index in [1.54, 1.807) is 12.2 Å². The number of hydrogen-bond acceptors (Lipinski definition) is 5. The van der Waals surface area contributed by atoms with Crippen LogP contribution in [0.4, 0.5) is 4.39 Å². The molecule has 0 bridgehead atoms. The van der Waals surface area contributed by atoms with E-state index in [-0.39, 0.29) is 42.2 Å². The van der Waals surface area contributed by atoms with Gasteiger partial charge in [-0.05, 0) is 62.5 Å². The number of hydrogen-bond donors (Lipinski definition) is 0. The van der Waals surface area contributed by atoms with Gasteiger partial charge in [-0.3, -0.25) is 19.2 Å². The Kier molecular flexibility index (Phi) is 5.94. The topological polar surface area (TPSA) is 77.5 Å². The van der Waals surface area contributed by atoms with Crippen molar-refractivity contribution in [1.82, 2.24) is 0 Å². The molecule has 0 aromatic rings. The summed E-state index contributed by atoms with van der Waals surface area (Å²) in [6.07, 6.45) is 11.1. The molecule has 5 rings (SSSR count). The van der Waals surface area contributed by atoms with Crippen molar-refractivity contribution in [3.8, 4) is 0 Å². The average molecular weight is 505 g/mol. The minimum Gasteiger partial charge on any atom is -0.450 e. The molecule has 6 atom stereocenters. The van der Waals surface area contributed by atoms with Crippen LogP contribution in [0.25, 0.3) is 0 Å². The van der Waals surface area contributed by atoms with Gasteiger partial charge in [0, 0.05) is 17.3 Å². The van der Waals surface area contributed by atoms with Gasteiger partial charge in [0.05, 0.1) is 5.92 Å². The second-order valence-corrected chi connectivity index (χ2v) is 12.4. The van der Waals surface area contributed by atoms with E-state index < -0.39 is 39.7 Å². The zero-order valence-corrected chi connectivity index (χ0v) is 21.3. The van der Waals surface area contributed by atoms with Gasteiger partial charge >= 0.3 is 5.97 Å². The first-order valence-electron chi connectivity index (χ1n) is 13.0. The number of halogens is 2. The SMILES string of the molecule is C[C@]12C=CC(=O)C=C1CC[C@H]1[C@@H]3CC[C@](OC(=O)C4CCCCC4)(C(=O)CF)[C@@]3(C)CC(=O)[C@@]12Cl. The number of ketones is 3. The lowest BCUT2D eigenvalue weighted by molar-refractivity contribution is -0.193. The molecule has 5 aliphatic rings. The normalized spacial score (nSPS) is 43.1. The van der Waals surface area contributed by atoms with Crippen molar-refractivity contribution in [2.45, 2.75) is 88.5 Å². The number of esters is 1. The van der Waals surface area contributed by atoms with Crippen LogP contribution in [0.3, 0.4) is 0 Å². The molecular weight excluding hydrogens is 471 g/mol. The highest BCUT2D eigenvalue weighted by Gasteiger charge is 2.74. The number of Topliss-reactive ketones (excluding diaryl/α,β-unsaturated/α-hetero) is 2. The summed E-state index contributed by atoms with van der Waals surface area (Å²) in [5.74, 6) is -2.25. The van der Waals surface area contributed by atoms with Crippen molar-refractivity contribution < 1.29 is 28.3 Å². The van der Waals surface area contributed by atoms with E-state index in [0.29, 0.717) is 32.1 Å². The van der Waals surface area contributed by atoms with Crippen molar-refractivity contribution in [2.24, 2.45) is 28.6 Å². The summed E-state index contributed by atoms with van der Waals surface area (Å²) >= 11 is 7.33. The minimum absolute atomic E-state index is 0.0635. The summed E-state index contributed by atoms with van der Waals surface area (Å²) < 4.78 is 20.1. The van der Waals surface area contributed by atoms with Crippen molar-refractivity contribution in [3.63, 3.8) is 0 Å². The molecule has 35 heavy (non-hydrogen) atoms. The number of allylic oxidation sites excluding steroid dienone is 4. The van der Waals surface area contributed by atoms with E-state index in [0.717, 1.165) is 24.8 Å². The molecule has 0 amide bonds. The second kappa shape index (κ2) is 8.36. The molecule has 0 unspecified atom stereocenters. The monoisotopic (exact) mass is 504 g/mol. The van der Waals surface area contributed by atoms with Crippen LogP contribution in [-0.4, -0.2) is 40.5 Å². The molecule has 0 N–H and O–H groups in total. The summed E-state index contributed by atoms with van der Waals surface area (Å²) in [6, 6.07) is 0. The van der Waals surface area contributed by atoms with Crippen molar-refractivity contribution in [2.75, 3.05) is 6.67 Å².